The van der Waals surface area contributed by atoms with Crippen LogP contribution >= 0.6 is 11.6 Å². The molecule has 0 radical (unpaired) electrons. The van der Waals surface area contributed by atoms with Gasteiger partial charge in [0.2, 0.25) is 0 Å². The summed E-state index contributed by atoms with van der Waals surface area (Å²) < 4.78 is 10.7. The van der Waals surface area contributed by atoms with Crippen molar-refractivity contribution in [3.8, 4) is 17.0 Å². The molecular weight excluding hydrogens is 356 g/mol. The molecule has 6 nitrogen and oxygen atoms in total. The number of halogens is 1. The molecule has 0 aliphatic carbocycles. The second kappa shape index (κ2) is 7.27. The Hall–Kier alpha value is -2.70. The van der Waals surface area contributed by atoms with Gasteiger partial charge < -0.3 is 14.6 Å². The van der Waals surface area contributed by atoms with E-state index in [1.165, 1.54) is 6.92 Å². The summed E-state index contributed by atoms with van der Waals surface area (Å²) in [5, 5.41) is 9.91. The topological polar surface area (TPSA) is 81.5 Å². The van der Waals surface area contributed by atoms with Gasteiger partial charge in [-0.1, -0.05) is 11.6 Å². The maximum Gasteiger partial charge on any atom is 0.376 e. The van der Waals surface area contributed by atoms with Gasteiger partial charge in [-0.3, -0.25) is 4.98 Å². The van der Waals surface area contributed by atoms with Crippen molar-refractivity contribution < 1.29 is 19.4 Å². The van der Waals surface area contributed by atoms with Crippen molar-refractivity contribution in [1.82, 2.24) is 9.97 Å². The quantitative estimate of drug-likeness (QED) is 0.654. The zero-order valence-electron chi connectivity index (χ0n) is 14.3. The highest BCUT2D eigenvalue weighted by Crippen LogP contribution is 2.25. The lowest BCUT2D eigenvalue weighted by atomic mass is 10.1. The lowest BCUT2D eigenvalue weighted by Gasteiger charge is -2.25. The first-order chi connectivity index (χ1) is 12.4. The van der Waals surface area contributed by atoms with E-state index in [1.54, 1.807) is 49.5 Å². The number of nitrogens with zero attached hydrogens (tertiary/aromatic N) is 2. The van der Waals surface area contributed by atoms with Gasteiger partial charge in [-0.05, 0) is 49.4 Å². The fraction of sp³-hybridized carbons (Fsp3) is 0.211. The van der Waals surface area contributed by atoms with E-state index in [0.29, 0.717) is 16.5 Å². The Morgan fingerprint density at radius 3 is 2.58 bits per heavy atom. The predicted molar refractivity (Wildman–Crippen MR) is 98.3 cm³/mol. The van der Waals surface area contributed by atoms with E-state index in [2.05, 4.69) is 9.97 Å². The smallest absolute Gasteiger partial charge is 0.376 e. The molecule has 0 saturated heterocycles. The first kappa shape index (κ1) is 18.1. The first-order valence-corrected chi connectivity index (χ1v) is 8.38. The van der Waals surface area contributed by atoms with Crippen LogP contribution in [0.3, 0.4) is 0 Å². The van der Waals surface area contributed by atoms with Gasteiger partial charge in [0, 0.05) is 24.1 Å². The molecule has 2 aromatic carbocycles. The summed E-state index contributed by atoms with van der Waals surface area (Å²) in [5.74, 6) is -2.55. The van der Waals surface area contributed by atoms with Crippen molar-refractivity contribution in [3.05, 3.63) is 53.7 Å². The average molecular weight is 373 g/mol. The van der Waals surface area contributed by atoms with Gasteiger partial charge in [0.1, 0.15) is 5.75 Å². The second-order valence-corrected chi connectivity index (χ2v) is 6.14. The number of benzene rings is 2. The number of ether oxygens (including phenoxy) is 2. The van der Waals surface area contributed by atoms with E-state index in [9.17, 15) is 9.90 Å². The summed E-state index contributed by atoms with van der Waals surface area (Å²) in [5.41, 5.74) is 2.98. The number of carboxylic acid groups (broad SMARTS) is 1. The lowest BCUT2D eigenvalue weighted by molar-refractivity contribution is -0.204. The highest BCUT2D eigenvalue weighted by molar-refractivity contribution is 6.31. The standard InChI is InChI=1S/C19H17ClN2O4/c1-3-25-19(2,18(23)24)26-14-7-4-12(5-8-14)17-11-21-16-10-13(20)6-9-15(16)22-17/h4-11H,3H2,1-2H3,(H,23,24). The van der Waals surface area contributed by atoms with Crippen LogP contribution < -0.4 is 4.74 Å². The van der Waals surface area contributed by atoms with Crippen LogP contribution in [0.5, 0.6) is 5.75 Å². The Morgan fingerprint density at radius 1 is 1.19 bits per heavy atom. The predicted octanol–water partition coefficient (Wildman–Crippen LogP) is 4.17. The molecule has 3 aromatic rings. The summed E-state index contributed by atoms with van der Waals surface area (Å²) in [6.07, 6.45) is 1.66. The van der Waals surface area contributed by atoms with E-state index in [1.807, 2.05) is 6.07 Å². The van der Waals surface area contributed by atoms with Crippen LogP contribution in [0.2, 0.25) is 5.02 Å². The SMILES string of the molecule is CCOC(C)(Oc1ccc(-c2cnc3cc(Cl)ccc3n2)cc1)C(=O)O. The summed E-state index contributed by atoms with van der Waals surface area (Å²) in [6, 6.07) is 12.2. The Kier molecular flexibility index (Phi) is 5.06. The number of carbonyl (C=O) groups is 1. The minimum absolute atomic E-state index is 0.220. The van der Waals surface area contributed by atoms with Gasteiger partial charge in [-0.15, -0.1) is 0 Å². The molecule has 0 bridgehead atoms. The normalized spacial score (nSPS) is 13.3. The number of carboxylic acids is 1. The third-order valence-electron chi connectivity index (χ3n) is 3.78. The molecule has 3 rings (SSSR count). The number of hydrogen-bond acceptors (Lipinski definition) is 5. The molecule has 1 atom stereocenters. The van der Waals surface area contributed by atoms with Gasteiger partial charge in [-0.2, -0.15) is 0 Å². The van der Waals surface area contributed by atoms with Gasteiger partial charge >= 0.3 is 11.8 Å². The minimum atomic E-state index is -1.74. The third-order valence-corrected chi connectivity index (χ3v) is 4.01. The summed E-state index contributed by atoms with van der Waals surface area (Å²) in [6.45, 7) is 3.30. The molecule has 0 aliphatic rings. The first-order valence-electron chi connectivity index (χ1n) is 8.00. The van der Waals surface area contributed by atoms with Crippen molar-refractivity contribution >= 4 is 28.6 Å². The molecule has 26 heavy (non-hydrogen) atoms. The highest BCUT2D eigenvalue weighted by Gasteiger charge is 2.36. The molecule has 1 N–H and O–H groups in total. The Balaban J connectivity index is 1.85. The Morgan fingerprint density at radius 2 is 1.92 bits per heavy atom. The maximum atomic E-state index is 11.4. The third kappa shape index (κ3) is 3.76. The van der Waals surface area contributed by atoms with Crippen LogP contribution in [0.25, 0.3) is 22.3 Å². The molecule has 0 amide bonds. The number of rotatable bonds is 6. The van der Waals surface area contributed by atoms with Crippen molar-refractivity contribution in [2.75, 3.05) is 6.61 Å². The maximum absolute atomic E-state index is 11.4. The fourth-order valence-electron chi connectivity index (χ4n) is 2.45. The van der Waals surface area contributed by atoms with Crippen molar-refractivity contribution in [3.63, 3.8) is 0 Å². The Labute approximate surface area is 155 Å². The van der Waals surface area contributed by atoms with E-state index >= 15 is 0 Å². The van der Waals surface area contributed by atoms with Crippen molar-refractivity contribution in [2.45, 2.75) is 19.6 Å². The zero-order valence-corrected chi connectivity index (χ0v) is 15.0. The van der Waals surface area contributed by atoms with Crippen LogP contribution in [0.15, 0.2) is 48.7 Å². The van der Waals surface area contributed by atoms with Crippen molar-refractivity contribution in [1.29, 1.82) is 0 Å². The number of fused-ring (bicyclic) bond motifs is 1. The van der Waals surface area contributed by atoms with Crippen LogP contribution in [-0.4, -0.2) is 33.4 Å². The highest BCUT2D eigenvalue weighted by atomic mass is 35.5. The summed E-state index contributed by atoms with van der Waals surface area (Å²) in [4.78, 5) is 20.3. The molecule has 1 aromatic heterocycles. The zero-order chi connectivity index (χ0) is 18.7. The second-order valence-electron chi connectivity index (χ2n) is 5.70. The molecule has 0 aliphatic heterocycles. The average Bonchev–Trinajstić information content (AvgIpc) is 2.62. The molecule has 134 valence electrons. The Bertz CT molecular complexity index is 946. The van der Waals surface area contributed by atoms with Crippen LogP contribution in [0.1, 0.15) is 13.8 Å². The number of hydrogen-bond donors (Lipinski definition) is 1. The van der Waals surface area contributed by atoms with E-state index in [-0.39, 0.29) is 6.61 Å². The van der Waals surface area contributed by atoms with Crippen LogP contribution in [-0.2, 0) is 9.53 Å². The molecule has 1 unspecified atom stereocenters. The van der Waals surface area contributed by atoms with Crippen molar-refractivity contribution in [2.24, 2.45) is 0 Å². The number of aromatic nitrogens is 2. The summed E-state index contributed by atoms with van der Waals surface area (Å²) in [7, 11) is 0. The van der Waals surface area contributed by atoms with Gasteiger partial charge in [0.05, 0.1) is 22.9 Å². The lowest BCUT2D eigenvalue weighted by Crippen LogP contribution is -2.44. The van der Waals surface area contributed by atoms with Crippen LogP contribution in [0, 0.1) is 0 Å². The van der Waals surface area contributed by atoms with Gasteiger partial charge in [0.25, 0.3) is 0 Å². The monoisotopic (exact) mass is 372 g/mol. The molecule has 0 spiro atoms. The number of aliphatic carboxylic acids is 1. The largest absolute Gasteiger partial charge is 0.476 e. The molecular formula is C19H17ClN2O4. The fourth-order valence-corrected chi connectivity index (χ4v) is 2.62. The van der Waals surface area contributed by atoms with Gasteiger partial charge in [-0.25, -0.2) is 9.78 Å². The van der Waals surface area contributed by atoms with E-state index in [0.717, 1.165) is 16.6 Å². The molecule has 0 fully saturated rings. The van der Waals surface area contributed by atoms with E-state index < -0.39 is 11.8 Å². The molecule has 1 heterocycles. The van der Waals surface area contributed by atoms with Crippen LogP contribution in [0.4, 0.5) is 0 Å². The summed E-state index contributed by atoms with van der Waals surface area (Å²) >= 11 is 5.96. The van der Waals surface area contributed by atoms with Gasteiger partial charge in [0.15, 0.2) is 0 Å². The minimum Gasteiger partial charge on any atom is -0.476 e. The van der Waals surface area contributed by atoms with E-state index in [4.69, 9.17) is 21.1 Å². The molecule has 0 saturated carbocycles. The molecule has 7 heteroatoms.